The standard InChI is InChI=1S/C14H24O5Si/c1-13(2)17-10-11(18-13)14(19-12(10)16-3)8(15)7-9(14)20(4,5)6/h9-12H,7H2,1-6H3/t9?,10-,11?,12+,14-/m0/s1. The van der Waals surface area contributed by atoms with Crippen molar-refractivity contribution in [2.75, 3.05) is 7.11 Å². The molecule has 0 aromatic carbocycles. The van der Waals surface area contributed by atoms with Crippen LogP contribution in [-0.2, 0) is 23.7 Å². The first-order valence-electron chi connectivity index (χ1n) is 7.21. The fourth-order valence-electron chi connectivity index (χ4n) is 3.84. The van der Waals surface area contributed by atoms with E-state index in [1.54, 1.807) is 7.11 Å². The zero-order valence-corrected chi connectivity index (χ0v) is 14.1. The number of carbonyl (C=O) groups is 1. The molecule has 6 heteroatoms. The van der Waals surface area contributed by atoms with Crippen molar-refractivity contribution in [2.24, 2.45) is 0 Å². The Morgan fingerprint density at radius 1 is 1.20 bits per heavy atom. The molecule has 114 valence electrons. The molecule has 1 aliphatic carbocycles. The summed E-state index contributed by atoms with van der Waals surface area (Å²) in [6.45, 7) is 10.6. The summed E-state index contributed by atoms with van der Waals surface area (Å²) >= 11 is 0. The van der Waals surface area contributed by atoms with Gasteiger partial charge < -0.3 is 18.9 Å². The Hall–Kier alpha value is -0.273. The Morgan fingerprint density at radius 2 is 1.85 bits per heavy atom. The number of Topliss-reactive ketones (excluding diaryl/α,β-unsaturated/α-hetero) is 1. The van der Waals surface area contributed by atoms with Crippen LogP contribution >= 0.6 is 0 Å². The Balaban J connectivity index is 1.99. The smallest absolute Gasteiger partial charge is 0.187 e. The molecule has 2 saturated heterocycles. The molecule has 0 aromatic heterocycles. The second-order valence-corrected chi connectivity index (χ2v) is 13.0. The van der Waals surface area contributed by atoms with Crippen molar-refractivity contribution < 1.29 is 23.7 Å². The van der Waals surface area contributed by atoms with Gasteiger partial charge in [0.25, 0.3) is 0 Å². The molecule has 2 heterocycles. The highest BCUT2D eigenvalue weighted by atomic mass is 28.3. The van der Waals surface area contributed by atoms with E-state index >= 15 is 0 Å². The van der Waals surface area contributed by atoms with Gasteiger partial charge in [-0.2, -0.15) is 0 Å². The molecule has 1 spiro atoms. The first kappa shape index (κ1) is 14.7. The van der Waals surface area contributed by atoms with E-state index in [0.717, 1.165) is 0 Å². The Labute approximate surface area is 120 Å². The SMILES string of the molecule is CO[C@@H]1O[C@]2(C(=O)CC2[Si](C)(C)C)C2OC(C)(C)O[C@@H]21. The van der Waals surface area contributed by atoms with Crippen LogP contribution in [0.5, 0.6) is 0 Å². The topological polar surface area (TPSA) is 54.0 Å². The summed E-state index contributed by atoms with van der Waals surface area (Å²) in [6, 6.07) is 0. The molecule has 0 bridgehead atoms. The third kappa shape index (κ3) is 1.78. The van der Waals surface area contributed by atoms with Crippen molar-refractivity contribution in [3.05, 3.63) is 0 Å². The lowest BCUT2D eigenvalue weighted by Crippen LogP contribution is -2.66. The molecule has 5 atom stereocenters. The Morgan fingerprint density at radius 3 is 2.35 bits per heavy atom. The maximum atomic E-state index is 12.4. The average Bonchev–Trinajstić information content (AvgIpc) is 2.76. The highest BCUT2D eigenvalue weighted by Gasteiger charge is 2.74. The van der Waals surface area contributed by atoms with Crippen LogP contribution in [0.3, 0.4) is 0 Å². The largest absolute Gasteiger partial charge is 0.353 e. The number of hydrogen-bond acceptors (Lipinski definition) is 5. The van der Waals surface area contributed by atoms with E-state index in [1.807, 2.05) is 13.8 Å². The van der Waals surface area contributed by atoms with Gasteiger partial charge in [-0.1, -0.05) is 19.6 Å². The molecule has 0 aromatic rings. The molecular formula is C14H24O5Si. The van der Waals surface area contributed by atoms with E-state index in [2.05, 4.69) is 19.6 Å². The fourth-order valence-corrected chi connectivity index (χ4v) is 6.32. The van der Waals surface area contributed by atoms with Gasteiger partial charge in [0.1, 0.15) is 12.2 Å². The van der Waals surface area contributed by atoms with Crippen molar-refractivity contribution in [3.63, 3.8) is 0 Å². The van der Waals surface area contributed by atoms with E-state index in [0.29, 0.717) is 6.42 Å². The average molecular weight is 300 g/mol. The number of fused-ring (bicyclic) bond motifs is 2. The first-order valence-corrected chi connectivity index (χ1v) is 10.8. The lowest BCUT2D eigenvalue weighted by Gasteiger charge is -2.52. The molecule has 20 heavy (non-hydrogen) atoms. The van der Waals surface area contributed by atoms with Crippen LogP contribution in [0.1, 0.15) is 20.3 Å². The summed E-state index contributed by atoms with van der Waals surface area (Å²) < 4.78 is 23.4. The minimum Gasteiger partial charge on any atom is -0.353 e. The van der Waals surface area contributed by atoms with Gasteiger partial charge in [0, 0.05) is 13.5 Å². The van der Waals surface area contributed by atoms with Crippen LogP contribution in [0.4, 0.5) is 0 Å². The number of methoxy groups -OCH3 is 1. The predicted octanol–water partition coefficient (Wildman–Crippen LogP) is 1.93. The first-order chi connectivity index (χ1) is 9.12. The Bertz CT molecular complexity index is 443. The van der Waals surface area contributed by atoms with Crippen LogP contribution in [0, 0.1) is 0 Å². The lowest BCUT2D eigenvalue weighted by molar-refractivity contribution is -0.255. The monoisotopic (exact) mass is 300 g/mol. The second-order valence-electron chi connectivity index (χ2n) is 7.58. The van der Waals surface area contributed by atoms with Gasteiger partial charge >= 0.3 is 0 Å². The van der Waals surface area contributed by atoms with E-state index in [1.165, 1.54) is 0 Å². The summed E-state index contributed by atoms with van der Waals surface area (Å²) in [4.78, 5) is 12.4. The van der Waals surface area contributed by atoms with Crippen molar-refractivity contribution in [2.45, 2.75) is 75.3 Å². The molecule has 5 nitrogen and oxygen atoms in total. The zero-order valence-electron chi connectivity index (χ0n) is 13.1. The van der Waals surface area contributed by atoms with Crippen LogP contribution in [0.15, 0.2) is 0 Å². The molecule has 2 unspecified atom stereocenters. The second kappa shape index (κ2) is 4.13. The van der Waals surface area contributed by atoms with E-state index in [-0.39, 0.29) is 23.5 Å². The van der Waals surface area contributed by atoms with Crippen LogP contribution in [-0.4, -0.2) is 50.9 Å². The fraction of sp³-hybridized carbons (Fsp3) is 0.929. The maximum absolute atomic E-state index is 12.4. The normalized spacial score (nSPS) is 46.6. The van der Waals surface area contributed by atoms with Gasteiger partial charge in [0.2, 0.25) is 0 Å². The number of ether oxygens (including phenoxy) is 4. The van der Waals surface area contributed by atoms with Gasteiger partial charge in [-0.15, -0.1) is 0 Å². The van der Waals surface area contributed by atoms with Gasteiger partial charge in [0.15, 0.2) is 23.5 Å². The third-order valence-electron chi connectivity index (χ3n) is 4.75. The van der Waals surface area contributed by atoms with E-state index in [9.17, 15) is 4.79 Å². The lowest BCUT2D eigenvalue weighted by atomic mass is 9.73. The van der Waals surface area contributed by atoms with Crippen molar-refractivity contribution in [3.8, 4) is 0 Å². The Kier molecular flexibility index (Phi) is 3.03. The number of ketones is 1. The molecule has 2 aliphatic heterocycles. The van der Waals surface area contributed by atoms with Gasteiger partial charge in [-0.05, 0) is 19.4 Å². The van der Waals surface area contributed by atoms with Crippen LogP contribution < -0.4 is 0 Å². The molecule has 3 aliphatic rings. The summed E-state index contributed by atoms with van der Waals surface area (Å²) in [6.07, 6.45) is -0.595. The van der Waals surface area contributed by atoms with Gasteiger partial charge in [-0.3, -0.25) is 4.79 Å². The summed E-state index contributed by atoms with van der Waals surface area (Å²) in [7, 11) is 0.0469. The van der Waals surface area contributed by atoms with Crippen molar-refractivity contribution >= 4 is 13.9 Å². The summed E-state index contributed by atoms with van der Waals surface area (Å²) in [5.74, 6) is -0.552. The molecule has 0 radical (unpaired) electrons. The minimum absolute atomic E-state index is 0.140. The van der Waals surface area contributed by atoms with E-state index < -0.39 is 25.8 Å². The van der Waals surface area contributed by atoms with Crippen molar-refractivity contribution in [1.29, 1.82) is 0 Å². The van der Waals surface area contributed by atoms with Crippen LogP contribution in [0.25, 0.3) is 0 Å². The maximum Gasteiger partial charge on any atom is 0.187 e. The molecular weight excluding hydrogens is 276 g/mol. The highest BCUT2D eigenvalue weighted by Crippen LogP contribution is 2.59. The minimum atomic E-state index is -1.54. The molecule has 1 saturated carbocycles. The van der Waals surface area contributed by atoms with E-state index in [4.69, 9.17) is 18.9 Å². The molecule has 0 N–H and O–H groups in total. The number of rotatable bonds is 2. The molecule has 0 amide bonds. The van der Waals surface area contributed by atoms with Gasteiger partial charge in [0.05, 0.1) is 8.07 Å². The summed E-state index contributed by atoms with van der Waals surface area (Å²) in [5, 5.41) is 0. The zero-order chi connectivity index (χ0) is 14.9. The molecule has 3 fully saturated rings. The molecule has 3 rings (SSSR count). The van der Waals surface area contributed by atoms with Gasteiger partial charge in [-0.25, -0.2) is 0 Å². The highest BCUT2D eigenvalue weighted by molar-refractivity contribution is 6.79. The van der Waals surface area contributed by atoms with Crippen LogP contribution in [0.2, 0.25) is 25.2 Å². The summed E-state index contributed by atoms with van der Waals surface area (Å²) in [5.41, 5.74) is -0.587. The quantitative estimate of drug-likeness (QED) is 0.729. The third-order valence-corrected chi connectivity index (χ3v) is 7.48. The number of carbonyl (C=O) groups excluding carboxylic acids is 1. The predicted molar refractivity (Wildman–Crippen MR) is 75.2 cm³/mol. The number of hydrogen-bond donors (Lipinski definition) is 0. The van der Waals surface area contributed by atoms with Crippen molar-refractivity contribution in [1.82, 2.24) is 0 Å².